The first-order valence-electron chi connectivity index (χ1n) is 36.4. The van der Waals surface area contributed by atoms with Crippen LogP contribution < -0.4 is 16.0 Å². The molecule has 4 aliphatic heterocycles. The summed E-state index contributed by atoms with van der Waals surface area (Å²) in [5, 5.41) is 7.85. The highest BCUT2D eigenvalue weighted by molar-refractivity contribution is 6.31. The smallest absolute Gasteiger partial charge is 0.377 e. The van der Waals surface area contributed by atoms with Crippen molar-refractivity contribution in [3.63, 3.8) is 0 Å². The summed E-state index contributed by atoms with van der Waals surface area (Å²) in [6.45, 7) is 3.29. The number of hydrogen-bond acceptors (Lipinski definition) is 13. The summed E-state index contributed by atoms with van der Waals surface area (Å²) >= 11 is 6.13. The van der Waals surface area contributed by atoms with E-state index in [0.717, 1.165) is 73.4 Å². The molecule has 3 N–H and O–H groups in total. The highest BCUT2D eigenvalue weighted by atomic mass is 35.5. The molecule has 105 heavy (non-hydrogen) atoms. The first-order chi connectivity index (χ1) is 49.4. The second-order valence-electron chi connectivity index (χ2n) is 29.4. The number of alkyl halides is 6. The number of aryl methyl sites for hydroxylation is 1. The van der Waals surface area contributed by atoms with Gasteiger partial charge in [0.2, 0.25) is 70.9 Å². The predicted molar refractivity (Wildman–Crippen MR) is 372 cm³/mol. The molecule has 4 heterocycles. The predicted octanol–water partition coefficient (Wildman–Crippen LogP) is 5.46. The summed E-state index contributed by atoms with van der Waals surface area (Å²) in [4.78, 5) is 190. The van der Waals surface area contributed by atoms with E-state index >= 15 is 28.8 Å². The van der Waals surface area contributed by atoms with Crippen molar-refractivity contribution in [1.82, 2.24) is 60.0 Å². The molecule has 4 saturated heterocycles. The molecule has 2 bridgehead atoms. The number of benzene rings is 2. The van der Waals surface area contributed by atoms with Crippen LogP contribution in [0.1, 0.15) is 152 Å². The van der Waals surface area contributed by atoms with Crippen molar-refractivity contribution in [2.75, 3.05) is 88.7 Å². The Balaban J connectivity index is 1.18. The van der Waals surface area contributed by atoms with Crippen LogP contribution in [0, 0.1) is 11.8 Å². The maximum atomic E-state index is 15.9. The molecule has 580 valence electrons. The van der Waals surface area contributed by atoms with Crippen LogP contribution in [0.5, 0.6) is 0 Å². The highest BCUT2D eigenvalue weighted by Crippen LogP contribution is 2.39. The molecule has 8 rings (SSSR count). The standard InChI is InChI=1S/C73H101ClF6N12O13/c1-11-43(3)61-68(102)86(6)39-59(95)84(4)40-60(96)88(8)55(36-45-22-26-47(27-23-45)72(75,76)77)66(100)85(5)38-57(93)81-52(31-25-44-24-30-50(51(74)35-44)73(78,79)80)65(99)91-34-18-21-54(91)64(98)83-71(32-16-17-33-71)70(104)90(10)62(46-19-14-13-15-20-46)69(103)89(9)56(37-58(94)87(7)53(12-2)63(97)82-61)67(101)92-48-28-29-49(92)42-105-41-48/h22-24,26-27,30,35,43,46,48-49,52-56,61-62H,11-21,25,28-29,31-34,36-42H2,1-10H3,(H,81,93)(H,82,97)(H,83,98)/t43-,48?,49?,52-,53-,54-,55-,56-,61-,62-/m0/s1. The van der Waals surface area contributed by atoms with Crippen LogP contribution in [0.15, 0.2) is 42.5 Å². The van der Waals surface area contributed by atoms with Gasteiger partial charge in [0.15, 0.2) is 0 Å². The van der Waals surface area contributed by atoms with Crippen molar-refractivity contribution in [3.05, 3.63) is 69.7 Å². The summed E-state index contributed by atoms with van der Waals surface area (Å²) in [6, 6.07) is -3.67. The van der Waals surface area contributed by atoms with Crippen molar-refractivity contribution in [2.45, 2.75) is 215 Å². The molecule has 10 atom stereocenters. The third kappa shape index (κ3) is 19.4. The Hall–Kier alpha value is -8.09. The number of halogens is 7. The van der Waals surface area contributed by atoms with Crippen molar-refractivity contribution < 1.29 is 88.6 Å². The zero-order valence-corrected chi connectivity index (χ0v) is 62.3. The van der Waals surface area contributed by atoms with Crippen LogP contribution in [0.25, 0.3) is 0 Å². The lowest BCUT2D eigenvalue weighted by Gasteiger charge is -2.44. The zero-order valence-electron chi connectivity index (χ0n) is 61.5. The molecule has 2 aromatic carbocycles. The molecule has 6 fully saturated rings. The fourth-order valence-corrected chi connectivity index (χ4v) is 16.0. The number of carbonyl (C=O) groups is 12. The molecule has 32 heteroatoms. The van der Waals surface area contributed by atoms with E-state index in [0.29, 0.717) is 57.8 Å². The van der Waals surface area contributed by atoms with E-state index in [4.69, 9.17) is 16.3 Å². The van der Waals surface area contributed by atoms with Gasteiger partial charge >= 0.3 is 12.4 Å². The van der Waals surface area contributed by atoms with Crippen LogP contribution >= 0.6 is 11.6 Å². The maximum absolute atomic E-state index is 15.9. The Morgan fingerprint density at radius 1 is 0.619 bits per heavy atom. The van der Waals surface area contributed by atoms with Gasteiger partial charge in [-0.05, 0) is 118 Å². The van der Waals surface area contributed by atoms with Crippen LogP contribution in [0.2, 0.25) is 5.02 Å². The van der Waals surface area contributed by atoms with Crippen molar-refractivity contribution in [2.24, 2.45) is 11.8 Å². The number of rotatable bonds is 10. The van der Waals surface area contributed by atoms with Crippen molar-refractivity contribution in [3.8, 4) is 0 Å². The third-order valence-corrected chi connectivity index (χ3v) is 22.6. The second kappa shape index (κ2) is 35.1. The number of morpholine rings is 1. The number of ether oxygens (including phenoxy) is 1. The largest absolute Gasteiger partial charge is 0.417 e. The number of nitrogens with zero attached hydrogens (tertiary/aromatic N) is 9. The molecule has 0 radical (unpaired) electrons. The fourth-order valence-electron chi connectivity index (χ4n) is 15.7. The maximum Gasteiger partial charge on any atom is 0.417 e. The first-order valence-corrected chi connectivity index (χ1v) is 36.7. The number of amides is 12. The fraction of sp³-hybridized carbons (Fsp3) is 0.671. The van der Waals surface area contributed by atoms with E-state index in [9.17, 15) is 55.1 Å². The van der Waals surface area contributed by atoms with Crippen molar-refractivity contribution in [1.29, 1.82) is 0 Å². The number of carbonyl (C=O) groups excluding carboxylic acids is 12. The van der Waals surface area contributed by atoms with Gasteiger partial charge in [0.05, 0.1) is 67.5 Å². The van der Waals surface area contributed by atoms with E-state index in [1.165, 1.54) is 64.0 Å². The molecular formula is C73H101ClF6N12O13. The molecule has 1 spiro atoms. The summed E-state index contributed by atoms with van der Waals surface area (Å²) in [5.74, 6) is -10.1. The van der Waals surface area contributed by atoms with Gasteiger partial charge in [0.25, 0.3) is 0 Å². The number of hydrogen-bond donors (Lipinski definition) is 3. The quantitative estimate of drug-likeness (QED) is 0.250. The van der Waals surface area contributed by atoms with Crippen molar-refractivity contribution >= 4 is 82.5 Å². The topological polar surface area (TPSA) is 279 Å². The van der Waals surface area contributed by atoms with E-state index in [1.54, 1.807) is 25.7 Å². The van der Waals surface area contributed by atoms with Gasteiger partial charge in [-0.1, -0.05) is 89.1 Å². The molecule has 2 unspecified atom stereocenters. The van der Waals surface area contributed by atoms with Crippen LogP contribution in [0.3, 0.4) is 0 Å². The lowest BCUT2D eigenvalue weighted by atomic mass is 9.81. The zero-order chi connectivity index (χ0) is 77.3. The average molecular weight is 1500 g/mol. The minimum absolute atomic E-state index is 0.00970. The van der Waals surface area contributed by atoms with E-state index in [1.807, 2.05) is 0 Å². The number of nitrogens with one attached hydrogen (secondary N) is 3. The Morgan fingerprint density at radius 2 is 1.22 bits per heavy atom. The summed E-state index contributed by atoms with van der Waals surface area (Å²) < 4.78 is 88.9. The number of likely N-dealkylation sites (N-methyl/N-ethyl adjacent to an activating group) is 7. The molecule has 12 amide bonds. The van der Waals surface area contributed by atoms with Gasteiger partial charge < -0.3 is 64.8 Å². The molecule has 0 aromatic heterocycles. The Kier molecular flexibility index (Phi) is 27.6. The van der Waals surface area contributed by atoms with Gasteiger partial charge in [-0.15, -0.1) is 0 Å². The second-order valence-corrected chi connectivity index (χ2v) is 29.8. The Morgan fingerprint density at radius 3 is 1.81 bits per heavy atom. The normalized spacial score (nSPS) is 27.1. The van der Waals surface area contributed by atoms with E-state index < -0.39 is 192 Å². The SMILES string of the molecule is CC[C@H](C)[C@@H]1NC(=O)[C@H](CC)N(C)C(=O)C[C@@H](C(=O)N2C3CCC2COC3)N(C)C(=O)[C@H](C2CCCCC2)N(C)C(=O)C2(CCCC2)NC(=O)[C@@H]2CCCN2C(=O)[C@H](CCc2ccc(C(F)(F)F)c(Cl)c2)NC(=O)CN(C)C(=O)[C@H](Cc2ccc(C(F)(F)F)cc2)N(C)C(=O)CN(C)C(=O)CN(C)C1=O. The van der Waals surface area contributed by atoms with E-state index in [-0.39, 0.29) is 87.9 Å². The van der Waals surface area contributed by atoms with Crippen LogP contribution in [-0.2, 0) is 87.5 Å². The molecule has 6 aliphatic rings. The lowest BCUT2D eigenvalue weighted by molar-refractivity contribution is -0.159. The van der Waals surface area contributed by atoms with Gasteiger partial charge in [-0.25, -0.2) is 0 Å². The van der Waals surface area contributed by atoms with Crippen LogP contribution in [-0.4, -0.2) is 264 Å². The minimum atomic E-state index is -4.81. The van der Waals surface area contributed by atoms with E-state index in [2.05, 4.69) is 16.0 Å². The molecular weight excluding hydrogens is 1400 g/mol. The molecule has 25 nitrogen and oxygen atoms in total. The van der Waals surface area contributed by atoms with Gasteiger partial charge in [0, 0.05) is 62.3 Å². The Labute approximate surface area is 614 Å². The monoisotopic (exact) mass is 1500 g/mol. The summed E-state index contributed by atoms with van der Waals surface area (Å²) in [6.07, 6.45) is -4.79. The first kappa shape index (κ1) is 82.6. The summed E-state index contributed by atoms with van der Waals surface area (Å²) in [7, 11) is 9.22. The highest BCUT2D eigenvalue weighted by Gasteiger charge is 2.53. The average Bonchev–Trinajstić information content (AvgIpc) is 1.70. The summed E-state index contributed by atoms with van der Waals surface area (Å²) in [5.41, 5.74) is -3.42. The molecule has 2 aliphatic carbocycles. The molecule has 2 aromatic rings. The Bertz CT molecular complexity index is 3520. The third-order valence-electron chi connectivity index (χ3n) is 22.3. The minimum Gasteiger partial charge on any atom is -0.377 e. The van der Waals surface area contributed by atoms with Crippen LogP contribution in [0.4, 0.5) is 26.3 Å². The lowest BCUT2D eigenvalue weighted by Crippen LogP contribution is -2.65. The van der Waals surface area contributed by atoms with Gasteiger partial charge in [-0.3, -0.25) is 57.5 Å². The molecule has 2 saturated carbocycles. The van der Waals surface area contributed by atoms with Gasteiger partial charge in [0.1, 0.15) is 47.8 Å². The number of fused-ring (bicyclic) bond motifs is 3. The van der Waals surface area contributed by atoms with Gasteiger partial charge in [-0.2, -0.15) is 26.3 Å².